The Morgan fingerprint density at radius 2 is 2.06 bits per heavy atom. The number of allylic oxidation sites excluding steroid dienone is 1. The summed E-state index contributed by atoms with van der Waals surface area (Å²) >= 11 is 9.36. The van der Waals surface area contributed by atoms with Gasteiger partial charge in [-0.3, -0.25) is 9.36 Å². The second-order valence-electron chi connectivity index (χ2n) is 6.65. The Morgan fingerprint density at radius 3 is 2.68 bits per heavy atom. The summed E-state index contributed by atoms with van der Waals surface area (Å²) in [4.78, 5) is 32.1. The Labute approximate surface area is 202 Å². The fourth-order valence-corrected chi connectivity index (χ4v) is 6.42. The van der Waals surface area contributed by atoms with Crippen molar-refractivity contribution < 1.29 is 14.6 Å². The molecule has 0 spiro atoms. The number of aromatic nitrogens is 1. The topological polar surface area (TPSA) is 80.9 Å². The molecule has 1 aliphatic rings. The Hall–Kier alpha value is -2.01. The molecule has 0 radical (unpaired) electrons. The predicted octanol–water partition coefficient (Wildman–Crippen LogP) is 4.09. The molecule has 6 nitrogen and oxygen atoms in total. The number of esters is 1. The Kier molecular flexibility index (Phi) is 6.34. The van der Waals surface area contributed by atoms with E-state index in [1.165, 1.54) is 22.7 Å². The summed E-state index contributed by atoms with van der Waals surface area (Å²) in [6.45, 7) is 3.75. The van der Waals surface area contributed by atoms with Gasteiger partial charge in [-0.15, -0.1) is 11.3 Å². The van der Waals surface area contributed by atoms with Crippen LogP contribution in [0.15, 0.2) is 59.6 Å². The molecule has 4 rings (SSSR count). The number of aromatic hydroxyl groups is 1. The van der Waals surface area contributed by atoms with Crippen LogP contribution in [0.2, 0.25) is 0 Å². The predicted molar refractivity (Wildman–Crippen MR) is 128 cm³/mol. The van der Waals surface area contributed by atoms with Crippen LogP contribution in [0.4, 0.5) is 0 Å². The van der Waals surface area contributed by atoms with E-state index < -0.39 is 12.0 Å². The largest absolute Gasteiger partial charge is 0.506 e. The second kappa shape index (κ2) is 8.85. The molecular formula is C21H16Br2N2O4S2. The molecule has 1 atom stereocenters. The third-order valence-electron chi connectivity index (χ3n) is 4.67. The van der Waals surface area contributed by atoms with Gasteiger partial charge in [0.1, 0.15) is 11.8 Å². The molecule has 0 aliphatic carbocycles. The summed E-state index contributed by atoms with van der Waals surface area (Å²) in [5, 5.41) is 11.9. The number of thiazole rings is 1. The Balaban J connectivity index is 1.94. The van der Waals surface area contributed by atoms with E-state index >= 15 is 0 Å². The number of thiophene rings is 1. The Morgan fingerprint density at radius 1 is 1.35 bits per heavy atom. The maximum absolute atomic E-state index is 13.4. The van der Waals surface area contributed by atoms with Gasteiger partial charge in [-0.25, -0.2) is 9.79 Å². The Bertz CT molecular complexity index is 1360. The fraction of sp³-hybridized carbons (Fsp3) is 0.190. The molecule has 0 amide bonds. The van der Waals surface area contributed by atoms with Crippen LogP contribution < -0.4 is 14.9 Å². The van der Waals surface area contributed by atoms with Gasteiger partial charge in [0.05, 0.1) is 31.4 Å². The molecular weight excluding hydrogens is 568 g/mol. The van der Waals surface area contributed by atoms with Crippen molar-refractivity contribution in [1.82, 2.24) is 4.57 Å². The summed E-state index contributed by atoms with van der Waals surface area (Å²) in [5.74, 6) is -0.381. The highest BCUT2D eigenvalue weighted by atomic mass is 79.9. The molecule has 3 aromatic rings. The second-order valence-corrected chi connectivity index (χ2v) is 10.3. The lowest BCUT2D eigenvalue weighted by atomic mass is 10.0. The van der Waals surface area contributed by atoms with E-state index in [1.54, 1.807) is 36.6 Å². The van der Waals surface area contributed by atoms with Crippen molar-refractivity contribution in [2.24, 2.45) is 4.99 Å². The molecule has 0 fully saturated rings. The first-order valence-electron chi connectivity index (χ1n) is 9.23. The molecule has 1 N–H and O–H groups in total. The van der Waals surface area contributed by atoms with Gasteiger partial charge in [0.25, 0.3) is 5.56 Å². The number of rotatable bonds is 4. The smallest absolute Gasteiger partial charge is 0.338 e. The van der Waals surface area contributed by atoms with Crippen LogP contribution in [0, 0.1) is 0 Å². The van der Waals surface area contributed by atoms with Gasteiger partial charge < -0.3 is 9.84 Å². The minimum atomic E-state index is -0.587. The van der Waals surface area contributed by atoms with E-state index in [0.29, 0.717) is 29.5 Å². The summed E-state index contributed by atoms with van der Waals surface area (Å²) in [5.41, 5.74) is 1.41. The molecule has 160 valence electrons. The zero-order valence-corrected chi connectivity index (χ0v) is 21.2. The van der Waals surface area contributed by atoms with Gasteiger partial charge in [-0.05, 0) is 80.9 Å². The van der Waals surface area contributed by atoms with E-state index in [0.717, 1.165) is 10.4 Å². The van der Waals surface area contributed by atoms with Gasteiger partial charge >= 0.3 is 5.97 Å². The number of carbonyl (C=O) groups is 1. The highest BCUT2D eigenvalue weighted by Crippen LogP contribution is 2.34. The number of hydrogen-bond acceptors (Lipinski definition) is 7. The minimum Gasteiger partial charge on any atom is -0.506 e. The van der Waals surface area contributed by atoms with Crippen LogP contribution in [-0.2, 0) is 9.53 Å². The van der Waals surface area contributed by atoms with Crippen LogP contribution in [0.5, 0.6) is 5.75 Å². The maximum Gasteiger partial charge on any atom is 0.338 e. The number of benzene rings is 1. The lowest BCUT2D eigenvalue weighted by molar-refractivity contribution is -0.139. The van der Waals surface area contributed by atoms with Crippen LogP contribution in [0.25, 0.3) is 6.08 Å². The van der Waals surface area contributed by atoms with E-state index in [4.69, 9.17) is 4.74 Å². The monoisotopic (exact) mass is 582 g/mol. The molecule has 0 unspecified atom stereocenters. The average Bonchev–Trinajstić information content (AvgIpc) is 3.34. The third-order valence-corrected chi connectivity index (χ3v) is 7.78. The number of phenolic OH excluding ortho intramolecular Hbond substituents is 1. The molecule has 3 heterocycles. The lowest BCUT2D eigenvalue weighted by Crippen LogP contribution is -2.39. The first-order valence-corrected chi connectivity index (χ1v) is 12.5. The number of halogens is 2. The first kappa shape index (κ1) is 22.2. The van der Waals surface area contributed by atoms with Crippen molar-refractivity contribution in [1.29, 1.82) is 0 Å². The van der Waals surface area contributed by atoms with Crippen molar-refractivity contribution in [3.05, 3.63) is 80.0 Å². The standard InChI is InChI=1S/C21H16Br2N2O4S2/c1-3-29-20(28)16-10(2)24-21-25(17(16)14-5-4-6-30-14)19(27)15(31-21)9-11-7-12(22)18(26)13(23)8-11/h4-9,17,26H,3H2,1-2H3/b15-9-/t17-/m1/s1. The highest BCUT2D eigenvalue weighted by molar-refractivity contribution is 9.11. The van der Waals surface area contributed by atoms with Gasteiger partial charge in [-0.2, -0.15) is 0 Å². The van der Waals surface area contributed by atoms with Gasteiger partial charge in [0, 0.05) is 4.88 Å². The molecule has 1 aliphatic heterocycles. The molecule has 31 heavy (non-hydrogen) atoms. The number of carbonyl (C=O) groups excluding carboxylic acids is 1. The minimum absolute atomic E-state index is 0.0889. The van der Waals surface area contributed by atoms with Crippen molar-refractivity contribution in [3.63, 3.8) is 0 Å². The normalized spacial score (nSPS) is 16.3. The molecule has 0 saturated heterocycles. The number of fused-ring (bicyclic) bond motifs is 1. The van der Waals surface area contributed by atoms with E-state index in [2.05, 4.69) is 36.9 Å². The number of hydrogen-bond donors (Lipinski definition) is 1. The zero-order chi connectivity index (χ0) is 22.3. The van der Waals surface area contributed by atoms with E-state index in [-0.39, 0.29) is 17.9 Å². The summed E-state index contributed by atoms with van der Waals surface area (Å²) in [6.07, 6.45) is 1.74. The SMILES string of the molecule is CCOC(=O)C1=C(C)N=c2s/c(=C\c3cc(Br)c(O)c(Br)c3)c(=O)n2[C@@H]1c1cccs1. The van der Waals surface area contributed by atoms with Crippen molar-refractivity contribution in [2.75, 3.05) is 6.61 Å². The summed E-state index contributed by atoms with van der Waals surface area (Å²) < 4.78 is 8.33. The average molecular weight is 584 g/mol. The quantitative estimate of drug-likeness (QED) is 0.469. The van der Waals surface area contributed by atoms with E-state index in [1.807, 2.05) is 17.5 Å². The first-order chi connectivity index (χ1) is 14.8. The summed E-state index contributed by atoms with van der Waals surface area (Å²) in [6, 6.07) is 6.66. The van der Waals surface area contributed by atoms with Crippen LogP contribution in [0.1, 0.15) is 30.3 Å². The van der Waals surface area contributed by atoms with Gasteiger partial charge in [-0.1, -0.05) is 17.4 Å². The van der Waals surface area contributed by atoms with Crippen molar-refractivity contribution in [2.45, 2.75) is 19.9 Å². The fourth-order valence-electron chi connectivity index (χ4n) is 3.33. The molecule has 2 aromatic heterocycles. The zero-order valence-electron chi connectivity index (χ0n) is 16.4. The van der Waals surface area contributed by atoms with Crippen molar-refractivity contribution in [3.8, 4) is 5.75 Å². The number of phenols is 1. The van der Waals surface area contributed by atoms with Gasteiger partial charge in [0.15, 0.2) is 4.80 Å². The molecule has 0 bridgehead atoms. The van der Waals surface area contributed by atoms with Gasteiger partial charge in [0.2, 0.25) is 0 Å². The number of ether oxygens (including phenoxy) is 1. The molecule has 0 saturated carbocycles. The van der Waals surface area contributed by atoms with Crippen LogP contribution in [-0.4, -0.2) is 22.2 Å². The lowest BCUT2D eigenvalue weighted by Gasteiger charge is -2.23. The van der Waals surface area contributed by atoms with Crippen molar-refractivity contribution >= 4 is 66.6 Å². The maximum atomic E-state index is 13.4. The molecule has 10 heteroatoms. The highest BCUT2D eigenvalue weighted by Gasteiger charge is 2.33. The summed E-state index contributed by atoms with van der Waals surface area (Å²) in [7, 11) is 0. The van der Waals surface area contributed by atoms with Crippen LogP contribution >= 0.6 is 54.5 Å². The number of nitrogens with zero attached hydrogens (tertiary/aromatic N) is 2. The molecule has 1 aromatic carbocycles. The van der Waals surface area contributed by atoms with Crippen LogP contribution in [0.3, 0.4) is 0 Å². The third kappa shape index (κ3) is 4.09. The van der Waals surface area contributed by atoms with E-state index in [9.17, 15) is 14.7 Å².